The van der Waals surface area contributed by atoms with Crippen LogP contribution in [0.4, 0.5) is 5.69 Å². The fourth-order valence-electron chi connectivity index (χ4n) is 3.41. The third kappa shape index (κ3) is 4.56. The summed E-state index contributed by atoms with van der Waals surface area (Å²) in [4.78, 5) is 28.6. The molecule has 0 aromatic heterocycles. The van der Waals surface area contributed by atoms with Gasteiger partial charge < -0.3 is 14.7 Å². The zero-order valence-electron chi connectivity index (χ0n) is 15.6. The normalized spacial score (nSPS) is 24.7. The third-order valence-electron chi connectivity index (χ3n) is 4.56. The number of carboxylic acid groups (broad SMARTS) is 1. The Balaban J connectivity index is 1.93. The molecule has 1 aromatic carbocycles. The first kappa shape index (κ1) is 20.8. The van der Waals surface area contributed by atoms with E-state index >= 15 is 0 Å². The Labute approximate surface area is 167 Å². The standard InChI is InChI=1S/C18H22N2O6S2/c1-11(2)12-5-3-4-6-13(12)20-14-9-28(24,25)10-15(14)27-18(20)19-16(21)7-26-8-17(22)23/h3-6,11,14-15H,7-10H2,1-2H3,(H,22,23)/t14-,15-/m0/s1. The number of aliphatic carboxylic acids is 1. The Morgan fingerprint density at radius 3 is 2.68 bits per heavy atom. The average Bonchev–Trinajstić information content (AvgIpc) is 3.05. The fraction of sp³-hybridized carbons (Fsp3) is 0.500. The van der Waals surface area contributed by atoms with Crippen molar-refractivity contribution >= 4 is 44.3 Å². The van der Waals surface area contributed by atoms with E-state index in [0.717, 1.165) is 11.3 Å². The van der Waals surface area contributed by atoms with Crippen molar-refractivity contribution in [3.05, 3.63) is 29.8 Å². The van der Waals surface area contributed by atoms with Crippen LogP contribution in [-0.4, -0.2) is 66.6 Å². The molecule has 0 saturated carbocycles. The molecule has 2 fully saturated rings. The van der Waals surface area contributed by atoms with Gasteiger partial charge in [0.1, 0.15) is 13.2 Å². The molecule has 10 heteroatoms. The maximum atomic E-state index is 12.2. The number of benzene rings is 1. The lowest BCUT2D eigenvalue weighted by atomic mass is 9.99. The molecule has 2 heterocycles. The molecule has 3 rings (SSSR count). The zero-order valence-corrected chi connectivity index (χ0v) is 17.2. The number of sulfone groups is 1. The van der Waals surface area contributed by atoms with Crippen molar-refractivity contribution in [2.45, 2.75) is 31.1 Å². The van der Waals surface area contributed by atoms with E-state index in [-0.39, 0.29) is 28.7 Å². The first-order valence-corrected chi connectivity index (χ1v) is 11.5. The number of para-hydroxylation sites is 1. The molecule has 0 bridgehead atoms. The number of amides is 1. The van der Waals surface area contributed by atoms with Gasteiger partial charge in [-0.2, -0.15) is 4.99 Å². The number of amidine groups is 1. The maximum Gasteiger partial charge on any atom is 0.329 e. The number of carbonyl (C=O) groups excluding carboxylic acids is 1. The Kier molecular flexibility index (Phi) is 6.11. The molecule has 1 aromatic rings. The highest BCUT2D eigenvalue weighted by atomic mass is 32.2. The van der Waals surface area contributed by atoms with Crippen LogP contribution >= 0.6 is 11.8 Å². The van der Waals surface area contributed by atoms with E-state index in [9.17, 15) is 18.0 Å². The number of hydrogen-bond donors (Lipinski definition) is 1. The van der Waals surface area contributed by atoms with E-state index < -0.39 is 34.9 Å². The monoisotopic (exact) mass is 426 g/mol. The Morgan fingerprint density at radius 2 is 2.00 bits per heavy atom. The summed E-state index contributed by atoms with van der Waals surface area (Å²) in [6.45, 7) is 3.08. The van der Waals surface area contributed by atoms with E-state index in [0.29, 0.717) is 5.17 Å². The van der Waals surface area contributed by atoms with Crippen molar-refractivity contribution < 1.29 is 27.9 Å². The highest BCUT2D eigenvalue weighted by Crippen LogP contribution is 2.43. The van der Waals surface area contributed by atoms with Crippen LogP contribution in [-0.2, 0) is 24.2 Å². The number of hydrogen-bond acceptors (Lipinski definition) is 6. The second-order valence-corrected chi connectivity index (χ2v) is 10.4. The molecule has 1 amide bonds. The number of anilines is 1. The molecule has 2 aliphatic heterocycles. The van der Waals surface area contributed by atoms with E-state index in [1.807, 2.05) is 43.0 Å². The van der Waals surface area contributed by atoms with Gasteiger partial charge in [0.25, 0.3) is 5.91 Å². The van der Waals surface area contributed by atoms with Crippen molar-refractivity contribution in [1.29, 1.82) is 0 Å². The lowest BCUT2D eigenvalue weighted by molar-refractivity contribution is -0.143. The first-order chi connectivity index (χ1) is 13.2. The summed E-state index contributed by atoms with van der Waals surface area (Å²) in [6.07, 6.45) is 0. The minimum atomic E-state index is -3.15. The molecule has 2 aliphatic rings. The number of rotatable bonds is 6. The van der Waals surface area contributed by atoms with Gasteiger partial charge in [-0.05, 0) is 17.5 Å². The van der Waals surface area contributed by atoms with E-state index in [1.54, 1.807) is 0 Å². The molecule has 8 nitrogen and oxygen atoms in total. The van der Waals surface area contributed by atoms with Crippen molar-refractivity contribution in [3.63, 3.8) is 0 Å². The van der Waals surface area contributed by atoms with E-state index in [1.165, 1.54) is 11.8 Å². The van der Waals surface area contributed by atoms with Crippen molar-refractivity contribution in [2.75, 3.05) is 29.6 Å². The number of aliphatic imine (C=N–C) groups is 1. The van der Waals surface area contributed by atoms with E-state index in [4.69, 9.17) is 9.84 Å². The van der Waals surface area contributed by atoms with Crippen molar-refractivity contribution in [2.24, 2.45) is 4.99 Å². The van der Waals surface area contributed by atoms with Crippen LogP contribution in [0.2, 0.25) is 0 Å². The number of fused-ring (bicyclic) bond motifs is 1. The Morgan fingerprint density at radius 1 is 1.29 bits per heavy atom. The van der Waals surface area contributed by atoms with Crippen LogP contribution < -0.4 is 4.90 Å². The SMILES string of the molecule is CC(C)c1ccccc1N1C(=NC(=O)COCC(=O)O)S[C@H]2CS(=O)(=O)C[C@@H]21. The highest BCUT2D eigenvalue weighted by Gasteiger charge is 2.49. The fourth-order valence-corrected chi connectivity index (χ4v) is 7.33. The molecule has 2 saturated heterocycles. The van der Waals surface area contributed by atoms with Crippen molar-refractivity contribution in [1.82, 2.24) is 0 Å². The minimum Gasteiger partial charge on any atom is -0.480 e. The van der Waals surface area contributed by atoms with Crippen LogP contribution in [0.1, 0.15) is 25.3 Å². The molecule has 0 spiro atoms. The van der Waals surface area contributed by atoms with Gasteiger partial charge in [0.15, 0.2) is 15.0 Å². The maximum absolute atomic E-state index is 12.2. The van der Waals surface area contributed by atoms with E-state index in [2.05, 4.69) is 4.99 Å². The molecule has 0 unspecified atom stereocenters. The van der Waals surface area contributed by atoms with Crippen LogP contribution in [0.25, 0.3) is 0 Å². The van der Waals surface area contributed by atoms with Gasteiger partial charge in [-0.15, -0.1) is 0 Å². The molecule has 152 valence electrons. The van der Waals surface area contributed by atoms with Gasteiger partial charge in [0.05, 0.1) is 17.5 Å². The number of ether oxygens (including phenoxy) is 1. The Hall–Kier alpha value is -1.91. The topological polar surface area (TPSA) is 113 Å². The highest BCUT2D eigenvalue weighted by molar-refractivity contribution is 8.16. The molecular formula is C18H22N2O6S2. The quantitative estimate of drug-likeness (QED) is 0.728. The van der Waals surface area contributed by atoms with Gasteiger partial charge in [0, 0.05) is 10.9 Å². The zero-order chi connectivity index (χ0) is 20.5. The number of thioether (sulfide) groups is 1. The average molecular weight is 427 g/mol. The molecule has 28 heavy (non-hydrogen) atoms. The smallest absolute Gasteiger partial charge is 0.329 e. The van der Waals surface area contributed by atoms with Gasteiger partial charge in [-0.25, -0.2) is 13.2 Å². The summed E-state index contributed by atoms with van der Waals surface area (Å²) < 4.78 is 29.1. The van der Waals surface area contributed by atoms with Gasteiger partial charge in [-0.1, -0.05) is 43.8 Å². The van der Waals surface area contributed by atoms with Crippen LogP contribution in [0.15, 0.2) is 29.3 Å². The number of nitrogens with zero attached hydrogens (tertiary/aromatic N) is 2. The largest absolute Gasteiger partial charge is 0.480 e. The summed E-state index contributed by atoms with van der Waals surface area (Å²) in [5.41, 5.74) is 1.88. The number of carbonyl (C=O) groups is 2. The summed E-state index contributed by atoms with van der Waals surface area (Å²) in [5.74, 6) is -1.50. The minimum absolute atomic E-state index is 0.0137. The lowest BCUT2D eigenvalue weighted by Gasteiger charge is -2.28. The first-order valence-electron chi connectivity index (χ1n) is 8.84. The van der Waals surface area contributed by atoms with Crippen LogP contribution in [0.3, 0.4) is 0 Å². The second-order valence-electron chi connectivity index (χ2n) is 7.06. The van der Waals surface area contributed by atoms with Gasteiger partial charge in [-0.3, -0.25) is 4.79 Å². The summed E-state index contributed by atoms with van der Waals surface area (Å²) in [6, 6.07) is 7.40. The summed E-state index contributed by atoms with van der Waals surface area (Å²) in [5, 5.41) is 8.84. The molecule has 2 atom stereocenters. The molecule has 0 radical (unpaired) electrons. The third-order valence-corrected chi connectivity index (χ3v) is 7.77. The van der Waals surface area contributed by atoms with Crippen LogP contribution in [0.5, 0.6) is 0 Å². The molecule has 1 N–H and O–H groups in total. The van der Waals surface area contributed by atoms with Crippen molar-refractivity contribution in [3.8, 4) is 0 Å². The predicted molar refractivity (Wildman–Crippen MR) is 108 cm³/mol. The molecular weight excluding hydrogens is 404 g/mol. The second kappa shape index (κ2) is 8.22. The lowest BCUT2D eigenvalue weighted by Crippen LogP contribution is -2.38. The summed E-state index contributed by atoms with van der Waals surface area (Å²) in [7, 11) is -3.15. The van der Waals surface area contributed by atoms with Gasteiger partial charge >= 0.3 is 5.97 Å². The Bertz CT molecular complexity index is 912. The summed E-state index contributed by atoms with van der Waals surface area (Å²) >= 11 is 1.28. The molecule has 0 aliphatic carbocycles. The van der Waals surface area contributed by atoms with Crippen LogP contribution in [0, 0.1) is 0 Å². The number of carboxylic acids is 1. The van der Waals surface area contributed by atoms with Gasteiger partial charge in [0.2, 0.25) is 0 Å². The predicted octanol–water partition coefficient (Wildman–Crippen LogP) is 1.51.